The molecule has 4 heteroatoms. The van der Waals surface area contributed by atoms with E-state index in [1.807, 2.05) is 0 Å². The molecule has 0 aliphatic heterocycles. The van der Waals surface area contributed by atoms with Gasteiger partial charge in [-0.2, -0.15) is 0 Å². The first-order chi connectivity index (χ1) is 9.77. The molecule has 0 heterocycles. The van der Waals surface area contributed by atoms with Crippen molar-refractivity contribution >= 4 is 11.8 Å². The number of hydrogen-bond donors (Lipinski definition) is 2. The van der Waals surface area contributed by atoms with Gasteiger partial charge < -0.3 is 10.6 Å². The fraction of sp³-hybridized carbons (Fsp3) is 0.625. The van der Waals surface area contributed by atoms with Crippen LogP contribution in [0.2, 0.25) is 0 Å². The first kappa shape index (κ1) is 14.8. The zero-order valence-electron chi connectivity index (χ0n) is 11.9. The van der Waals surface area contributed by atoms with Crippen LogP contribution in [0.3, 0.4) is 0 Å². The molecule has 2 atom stereocenters. The van der Waals surface area contributed by atoms with E-state index in [1.54, 1.807) is 0 Å². The Morgan fingerprint density at radius 3 is 1.60 bits per heavy atom. The lowest BCUT2D eigenvalue weighted by atomic mass is 9.93. The normalized spacial score (nSPS) is 25.2. The van der Waals surface area contributed by atoms with Gasteiger partial charge in [0, 0.05) is 24.9 Å². The van der Waals surface area contributed by atoms with E-state index in [-0.39, 0.29) is 23.7 Å². The Kier molecular flexibility index (Phi) is 5.84. The summed E-state index contributed by atoms with van der Waals surface area (Å²) in [5.74, 6) is 0.451. The SMILES string of the molecule is O=C(NCCNC(=O)[C@@H]1CC=CCC1)[C@@H]1CC=CCC1. The van der Waals surface area contributed by atoms with Crippen LogP contribution in [-0.2, 0) is 9.59 Å². The second-order valence-corrected chi connectivity index (χ2v) is 5.54. The highest BCUT2D eigenvalue weighted by molar-refractivity contribution is 5.80. The fourth-order valence-electron chi connectivity index (χ4n) is 2.72. The average Bonchev–Trinajstić information content (AvgIpc) is 2.53. The van der Waals surface area contributed by atoms with Crippen LogP contribution >= 0.6 is 0 Å². The third kappa shape index (κ3) is 4.51. The van der Waals surface area contributed by atoms with E-state index < -0.39 is 0 Å². The van der Waals surface area contributed by atoms with E-state index in [0.29, 0.717) is 13.1 Å². The number of carbonyl (C=O) groups is 2. The quantitative estimate of drug-likeness (QED) is 0.595. The summed E-state index contributed by atoms with van der Waals surface area (Å²) in [6, 6.07) is 0. The zero-order chi connectivity index (χ0) is 14.2. The van der Waals surface area contributed by atoms with Crippen LogP contribution < -0.4 is 10.6 Å². The number of hydrogen-bond acceptors (Lipinski definition) is 2. The average molecular weight is 276 g/mol. The molecule has 110 valence electrons. The van der Waals surface area contributed by atoms with Crippen molar-refractivity contribution in [1.29, 1.82) is 0 Å². The van der Waals surface area contributed by atoms with Crippen molar-refractivity contribution < 1.29 is 9.59 Å². The molecule has 0 saturated heterocycles. The van der Waals surface area contributed by atoms with Gasteiger partial charge in [0.2, 0.25) is 11.8 Å². The summed E-state index contributed by atoms with van der Waals surface area (Å²) in [4.78, 5) is 23.8. The van der Waals surface area contributed by atoms with Crippen molar-refractivity contribution in [3.8, 4) is 0 Å². The Labute approximate surface area is 120 Å². The molecule has 20 heavy (non-hydrogen) atoms. The van der Waals surface area contributed by atoms with Crippen LogP contribution in [0.1, 0.15) is 38.5 Å². The summed E-state index contributed by atoms with van der Waals surface area (Å²) < 4.78 is 0. The lowest BCUT2D eigenvalue weighted by Crippen LogP contribution is -2.39. The first-order valence-corrected chi connectivity index (χ1v) is 7.63. The molecule has 2 N–H and O–H groups in total. The van der Waals surface area contributed by atoms with Crippen LogP contribution in [0, 0.1) is 11.8 Å². The minimum absolute atomic E-state index is 0.110. The smallest absolute Gasteiger partial charge is 0.223 e. The van der Waals surface area contributed by atoms with Crippen molar-refractivity contribution in [2.45, 2.75) is 38.5 Å². The van der Waals surface area contributed by atoms with E-state index in [1.165, 1.54) is 0 Å². The summed E-state index contributed by atoms with van der Waals surface area (Å²) in [5, 5.41) is 5.82. The van der Waals surface area contributed by atoms with Crippen LogP contribution in [0.5, 0.6) is 0 Å². The van der Waals surface area contributed by atoms with Gasteiger partial charge in [0.1, 0.15) is 0 Å². The lowest BCUT2D eigenvalue weighted by molar-refractivity contribution is -0.127. The Balaban J connectivity index is 1.58. The number of rotatable bonds is 5. The van der Waals surface area contributed by atoms with E-state index in [0.717, 1.165) is 38.5 Å². The molecule has 0 saturated carbocycles. The summed E-state index contributed by atoms with van der Waals surface area (Å²) >= 11 is 0. The Morgan fingerprint density at radius 2 is 1.25 bits per heavy atom. The third-order valence-corrected chi connectivity index (χ3v) is 4.00. The van der Waals surface area contributed by atoms with Gasteiger partial charge in [-0.15, -0.1) is 0 Å². The molecular formula is C16H24N2O2. The maximum atomic E-state index is 11.9. The highest BCUT2D eigenvalue weighted by atomic mass is 16.2. The minimum Gasteiger partial charge on any atom is -0.354 e. The van der Waals surface area contributed by atoms with Gasteiger partial charge in [0.15, 0.2) is 0 Å². The molecule has 0 aromatic carbocycles. The van der Waals surface area contributed by atoms with Crippen LogP contribution in [-0.4, -0.2) is 24.9 Å². The molecule has 0 unspecified atom stereocenters. The Morgan fingerprint density at radius 1 is 0.800 bits per heavy atom. The maximum absolute atomic E-state index is 11.9. The molecule has 2 rings (SSSR count). The molecule has 0 spiro atoms. The topological polar surface area (TPSA) is 58.2 Å². The molecule has 0 bridgehead atoms. The molecule has 0 aromatic rings. The van der Waals surface area contributed by atoms with E-state index in [4.69, 9.17) is 0 Å². The Bertz CT molecular complexity index is 363. The van der Waals surface area contributed by atoms with E-state index >= 15 is 0 Å². The molecule has 0 fully saturated rings. The van der Waals surface area contributed by atoms with Crippen LogP contribution in [0.25, 0.3) is 0 Å². The van der Waals surface area contributed by atoms with Gasteiger partial charge in [-0.1, -0.05) is 24.3 Å². The minimum atomic E-state index is 0.110. The van der Waals surface area contributed by atoms with E-state index in [9.17, 15) is 9.59 Å². The molecule has 0 radical (unpaired) electrons. The van der Waals surface area contributed by atoms with Crippen molar-refractivity contribution in [3.05, 3.63) is 24.3 Å². The highest BCUT2D eigenvalue weighted by Gasteiger charge is 2.19. The second kappa shape index (κ2) is 7.88. The van der Waals surface area contributed by atoms with Gasteiger partial charge >= 0.3 is 0 Å². The van der Waals surface area contributed by atoms with Crippen molar-refractivity contribution in [2.75, 3.05) is 13.1 Å². The van der Waals surface area contributed by atoms with E-state index in [2.05, 4.69) is 34.9 Å². The maximum Gasteiger partial charge on any atom is 0.223 e. The third-order valence-electron chi connectivity index (χ3n) is 4.00. The van der Waals surface area contributed by atoms with Crippen molar-refractivity contribution in [1.82, 2.24) is 10.6 Å². The van der Waals surface area contributed by atoms with Gasteiger partial charge in [-0.05, 0) is 38.5 Å². The number of amides is 2. The summed E-state index contributed by atoms with van der Waals surface area (Å²) in [5.41, 5.74) is 0. The van der Waals surface area contributed by atoms with Gasteiger partial charge in [0.05, 0.1) is 0 Å². The molecule has 0 aromatic heterocycles. The first-order valence-electron chi connectivity index (χ1n) is 7.63. The Hall–Kier alpha value is -1.58. The monoisotopic (exact) mass is 276 g/mol. The van der Waals surface area contributed by atoms with Crippen molar-refractivity contribution in [2.24, 2.45) is 11.8 Å². The second-order valence-electron chi connectivity index (χ2n) is 5.54. The predicted molar refractivity (Wildman–Crippen MR) is 79.0 cm³/mol. The zero-order valence-corrected chi connectivity index (χ0v) is 11.9. The molecule has 4 nitrogen and oxygen atoms in total. The number of allylic oxidation sites excluding steroid dienone is 4. The number of carbonyl (C=O) groups excluding carboxylic acids is 2. The molecule has 2 aliphatic carbocycles. The summed E-state index contributed by atoms with van der Waals surface area (Å²) in [7, 11) is 0. The van der Waals surface area contributed by atoms with Crippen LogP contribution in [0.15, 0.2) is 24.3 Å². The predicted octanol–water partition coefficient (Wildman–Crippen LogP) is 1.93. The van der Waals surface area contributed by atoms with Crippen molar-refractivity contribution in [3.63, 3.8) is 0 Å². The summed E-state index contributed by atoms with van der Waals surface area (Å²) in [6.07, 6.45) is 13.9. The molecular weight excluding hydrogens is 252 g/mol. The summed E-state index contributed by atoms with van der Waals surface area (Å²) in [6.45, 7) is 1.04. The lowest BCUT2D eigenvalue weighted by Gasteiger charge is -2.19. The van der Waals surface area contributed by atoms with Gasteiger partial charge in [-0.3, -0.25) is 9.59 Å². The largest absolute Gasteiger partial charge is 0.354 e. The number of nitrogens with one attached hydrogen (secondary N) is 2. The standard InChI is InChI=1S/C16H24N2O2/c19-15(13-7-3-1-4-8-13)17-11-12-18-16(20)14-9-5-2-6-10-14/h1-3,5,13-14H,4,6-12H2,(H,17,19)(H,18,20)/t13-,14-/m1/s1. The molecule has 2 aliphatic rings. The van der Waals surface area contributed by atoms with Crippen LogP contribution in [0.4, 0.5) is 0 Å². The van der Waals surface area contributed by atoms with Gasteiger partial charge in [0.25, 0.3) is 0 Å². The molecule has 2 amide bonds. The highest BCUT2D eigenvalue weighted by Crippen LogP contribution is 2.18. The fourth-order valence-corrected chi connectivity index (χ4v) is 2.72. The van der Waals surface area contributed by atoms with Gasteiger partial charge in [-0.25, -0.2) is 0 Å².